The van der Waals surface area contributed by atoms with Crippen molar-refractivity contribution in [1.29, 1.82) is 0 Å². The van der Waals surface area contributed by atoms with Gasteiger partial charge in [0.25, 0.3) is 5.56 Å². The second-order valence-electron chi connectivity index (χ2n) is 5.16. The van der Waals surface area contributed by atoms with Gasteiger partial charge in [-0.3, -0.25) is 9.36 Å². The van der Waals surface area contributed by atoms with Gasteiger partial charge in [0.1, 0.15) is 5.75 Å². The van der Waals surface area contributed by atoms with E-state index in [2.05, 4.69) is 4.98 Å². The third-order valence-electron chi connectivity index (χ3n) is 3.59. The SMILES string of the molecule is CCSc1nc2ccccc2c(=O)n1-c1cc(C)ccc1OC. The van der Waals surface area contributed by atoms with Crippen molar-refractivity contribution in [3.63, 3.8) is 0 Å². The Morgan fingerprint density at radius 3 is 2.74 bits per heavy atom. The molecule has 118 valence electrons. The molecular weight excluding hydrogens is 308 g/mol. The molecule has 0 spiro atoms. The summed E-state index contributed by atoms with van der Waals surface area (Å²) in [5.74, 6) is 1.49. The zero-order valence-electron chi connectivity index (χ0n) is 13.4. The average Bonchev–Trinajstić information content (AvgIpc) is 2.55. The van der Waals surface area contributed by atoms with Gasteiger partial charge in [-0.05, 0) is 42.5 Å². The van der Waals surface area contributed by atoms with Crippen molar-refractivity contribution in [2.45, 2.75) is 19.0 Å². The lowest BCUT2D eigenvalue weighted by Gasteiger charge is -2.16. The number of nitrogens with zero attached hydrogens (tertiary/aromatic N) is 2. The molecule has 23 heavy (non-hydrogen) atoms. The quantitative estimate of drug-likeness (QED) is 0.540. The summed E-state index contributed by atoms with van der Waals surface area (Å²) in [5, 5.41) is 1.29. The number of methoxy groups -OCH3 is 1. The number of benzene rings is 2. The van der Waals surface area contributed by atoms with E-state index in [1.165, 1.54) is 0 Å². The van der Waals surface area contributed by atoms with Crippen LogP contribution in [0.2, 0.25) is 0 Å². The molecule has 0 aliphatic rings. The summed E-state index contributed by atoms with van der Waals surface area (Å²) in [6.07, 6.45) is 0. The molecule has 0 fully saturated rings. The Kier molecular flexibility index (Phi) is 4.39. The number of rotatable bonds is 4. The molecule has 3 aromatic rings. The van der Waals surface area contributed by atoms with Crippen LogP contribution in [0.25, 0.3) is 16.6 Å². The highest BCUT2D eigenvalue weighted by Gasteiger charge is 2.16. The Morgan fingerprint density at radius 1 is 1.22 bits per heavy atom. The minimum absolute atomic E-state index is 0.0737. The topological polar surface area (TPSA) is 44.1 Å². The zero-order chi connectivity index (χ0) is 16.4. The molecule has 1 aromatic heterocycles. The first-order chi connectivity index (χ1) is 11.2. The molecule has 0 saturated carbocycles. The average molecular weight is 326 g/mol. The molecule has 0 N–H and O–H groups in total. The fourth-order valence-corrected chi connectivity index (χ4v) is 3.26. The monoisotopic (exact) mass is 326 g/mol. The van der Waals surface area contributed by atoms with Gasteiger partial charge in [0.05, 0.1) is 23.7 Å². The smallest absolute Gasteiger partial charge is 0.266 e. The Balaban J connectivity index is 2.40. The third-order valence-corrected chi connectivity index (χ3v) is 4.41. The van der Waals surface area contributed by atoms with Gasteiger partial charge >= 0.3 is 0 Å². The molecular formula is C18H18N2O2S. The number of thioether (sulfide) groups is 1. The summed E-state index contributed by atoms with van der Waals surface area (Å²) in [4.78, 5) is 17.7. The predicted octanol–water partition coefficient (Wildman–Crippen LogP) is 3.81. The fourth-order valence-electron chi connectivity index (χ4n) is 2.53. The molecule has 0 bridgehead atoms. The predicted molar refractivity (Wildman–Crippen MR) is 95.0 cm³/mol. The minimum Gasteiger partial charge on any atom is -0.495 e. The van der Waals surface area contributed by atoms with Crippen molar-refractivity contribution in [2.75, 3.05) is 12.9 Å². The molecule has 0 saturated heterocycles. The summed E-state index contributed by atoms with van der Waals surface area (Å²) < 4.78 is 7.11. The van der Waals surface area contributed by atoms with E-state index in [1.54, 1.807) is 23.4 Å². The Hall–Kier alpha value is -2.27. The maximum absolute atomic E-state index is 13.1. The van der Waals surface area contributed by atoms with E-state index in [-0.39, 0.29) is 5.56 Å². The van der Waals surface area contributed by atoms with Crippen LogP contribution in [0.5, 0.6) is 5.75 Å². The number of hydrogen-bond acceptors (Lipinski definition) is 4. The van der Waals surface area contributed by atoms with E-state index >= 15 is 0 Å². The molecule has 0 aliphatic heterocycles. The lowest BCUT2D eigenvalue weighted by molar-refractivity contribution is 0.411. The van der Waals surface area contributed by atoms with E-state index in [4.69, 9.17) is 4.74 Å². The summed E-state index contributed by atoms with van der Waals surface area (Å²) in [6.45, 7) is 4.04. The molecule has 0 aliphatic carbocycles. The number of ether oxygens (including phenoxy) is 1. The highest BCUT2D eigenvalue weighted by molar-refractivity contribution is 7.99. The molecule has 0 unspecified atom stereocenters. The van der Waals surface area contributed by atoms with Crippen molar-refractivity contribution in [2.24, 2.45) is 0 Å². The highest BCUT2D eigenvalue weighted by atomic mass is 32.2. The van der Waals surface area contributed by atoms with Crippen LogP contribution in [-0.4, -0.2) is 22.4 Å². The van der Waals surface area contributed by atoms with Crippen LogP contribution in [0.15, 0.2) is 52.4 Å². The molecule has 0 radical (unpaired) electrons. The second kappa shape index (κ2) is 6.46. The summed E-state index contributed by atoms with van der Waals surface area (Å²) in [6, 6.07) is 13.2. The Labute approximate surface area is 139 Å². The van der Waals surface area contributed by atoms with Crippen molar-refractivity contribution < 1.29 is 4.74 Å². The third kappa shape index (κ3) is 2.84. The number of fused-ring (bicyclic) bond motifs is 1. The van der Waals surface area contributed by atoms with Crippen LogP contribution in [0, 0.1) is 6.92 Å². The van der Waals surface area contributed by atoms with E-state index in [1.807, 2.05) is 56.3 Å². The van der Waals surface area contributed by atoms with Crippen LogP contribution in [0.4, 0.5) is 0 Å². The second-order valence-corrected chi connectivity index (χ2v) is 6.39. The van der Waals surface area contributed by atoms with E-state index in [0.29, 0.717) is 16.3 Å². The maximum Gasteiger partial charge on any atom is 0.266 e. The van der Waals surface area contributed by atoms with E-state index in [9.17, 15) is 4.79 Å². The van der Waals surface area contributed by atoms with Crippen molar-refractivity contribution in [3.8, 4) is 11.4 Å². The standard InChI is InChI=1S/C18H18N2O2S/c1-4-23-18-19-14-8-6-5-7-13(14)17(21)20(18)15-11-12(2)9-10-16(15)22-3/h5-11H,4H2,1-3H3. The summed E-state index contributed by atoms with van der Waals surface area (Å²) >= 11 is 1.55. The normalized spacial score (nSPS) is 10.9. The van der Waals surface area contributed by atoms with Crippen LogP contribution in [0.3, 0.4) is 0 Å². The lowest BCUT2D eigenvalue weighted by Crippen LogP contribution is -2.22. The number of hydrogen-bond donors (Lipinski definition) is 0. The molecule has 0 amide bonds. The number of aryl methyl sites for hydroxylation is 1. The summed E-state index contributed by atoms with van der Waals surface area (Å²) in [5.41, 5.74) is 2.44. The first-order valence-corrected chi connectivity index (χ1v) is 8.44. The number of aromatic nitrogens is 2. The van der Waals surface area contributed by atoms with Gasteiger partial charge in [0, 0.05) is 0 Å². The van der Waals surface area contributed by atoms with Gasteiger partial charge in [-0.1, -0.05) is 36.9 Å². The molecule has 5 heteroatoms. The van der Waals surface area contributed by atoms with Crippen LogP contribution in [0.1, 0.15) is 12.5 Å². The fraction of sp³-hybridized carbons (Fsp3) is 0.222. The van der Waals surface area contributed by atoms with Gasteiger partial charge in [0.15, 0.2) is 5.16 Å². The summed E-state index contributed by atoms with van der Waals surface area (Å²) in [7, 11) is 1.61. The Bertz CT molecular complexity index is 919. The van der Waals surface area contributed by atoms with Gasteiger partial charge in [-0.25, -0.2) is 4.98 Å². The van der Waals surface area contributed by atoms with Gasteiger partial charge < -0.3 is 4.74 Å². The largest absolute Gasteiger partial charge is 0.495 e. The first kappa shape index (κ1) is 15.6. The van der Waals surface area contributed by atoms with E-state index < -0.39 is 0 Å². The Morgan fingerprint density at radius 2 is 2.00 bits per heavy atom. The van der Waals surface area contributed by atoms with Crippen molar-refractivity contribution in [3.05, 3.63) is 58.4 Å². The van der Waals surface area contributed by atoms with Gasteiger partial charge in [-0.2, -0.15) is 0 Å². The minimum atomic E-state index is -0.0737. The molecule has 0 atom stereocenters. The first-order valence-electron chi connectivity index (χ1n) is 7.45. The van der Waals surface area contributed by atoms with Gasteiger partial charge in [-0.15, -0.1) is 0 Å². The molecule has 2 aromatic carbocycles. The van der Waals surface area contributed by atoms with E-state index in [0.717, 1.165) is 22.5 Å². The van der Waals surface area contributed by atoms with Crippen LogP contribution >= 0.6 is 11.8 Å². The van der Waals surface area contributed by atoms with Crippen molar-refractivity contribution in [1.82, 2.24) is 9.55 Å². The van der Waals surface area contributed by atoms with Crippen LogP contribution in [-0.2, 0) is 0 Å². The molecule has 1 heterocycles. The molecule has 4 nitrogen and oxygen atoms in total. The van der Waals surface area contributed by atoms with Crippen molar-refractivity contribution >= 4 is 22.7 Å². The lowest BCUT2D eigenvalue weighted by atomic mass is 10.2. The number of para-hydroxylation sites is 1. The molecule has 3 rings (SSSR count). The zero-order valence-corrected chi connectivity index (χ0v) is 14.2. The van der Waals surface area contributed by atoms with Gasteiger partial charge in [0.2, 0.25) is 0 Å². The maximum atomic E-state index is 13.1. The highest BCUT2D eigenvalue weighted by Crippen LogP contribution is 2.27. The van der Waals surface area contributed by atoms with Crippen LogP contribution < -0.4 is 10.3 Å².